The van der Waals surface area contributed by atoms with E-state index in [4.69, 9.17) is 13.9 Å². The molecule has 1 aromatic heterocycles. The minimum Gasteiger partial charge on any atom is -0.485 e. The second-order valence-corrected chi connectivity index (χ2v) is 7.08. The van der Waals surface area contributed by atoms with E-state index < -0.39 is 30.9 Å². The van der Waals surface area contributed by atoms with Crippen molar-refractivity contribution < 1.29 is 41.7 Å². The number of carbonyl (C=O) groups is 2. The quantitative estimate of drug-likeness (QED) is 0.303. The van der Waals surface area contributed by atoms with Gasteiger partial charge in [0.15, 0.2) is 17.4 Å². The van der Waals surface area contributed by atoms with E-state index in [2.05, 4.69) is 14.5 Å². The van der Waals surface area contributed by atoms with Crippen LogP contribution in [0, 0.1) is 5.92 Å². The molecule has 0 fully saturated rings. The second kappa shape index (κ2) is 11.8. The maximum Gasteiger partial charge on any atom is 0.320 e. The number of alkyl halides is 2. The lowest BCUT2D eigenvalue weighted by Gasteiger charge is -2.13. The van der Waals surface area contributed by atoms with Crippen molar-refractivity contribution in [3.63, 3.8) is 0 Å². The Hall–Kier alpha value is -3.95. The molecule has 180 valence electrons. The highest BCUT2D eigenvalue weighted by Crippen LogP contribution is 2.33. The number of hydrogen-bond donors (Lipinski definition) is 0. The summed E-state index contributed by atoms with van der Waals surface area (Å²) in [4.78, 5) is 28.1. The summed E-state index contributed by atoms with van der Waals surface area (Å²) in [6.45, 7) is -0.598. The van der Waals surface area contributed by atoms with E-state index in [9.17, 15) is 18.4 Å². The molecule has 0 atom stereocenters. The van der Waals surface area contributed by atoms with Crippen molar-refractivity contribution in [2.24, 2.45) is 5.92 Å². The van der Waals surface area contributed by atoms with E-state index in [1.807, 2.05) is 30.3 Å². The zero-order chi connectivity index (χ0) is 24.5. The molecule has 3 rings (SSSR count). The number of halogens is 2. The molecular formula is C24H23F2NO7. The van der Waals surface area contributed by atoms with Crippen molar-refractivity contribution in [1.29, 1.82) is 0 Å². The molecule has 0 aliphatic carbocycles. The molecule has 1 heterocycles. The Morgan fingerprint density at radius 3 is 2.32 bits per heavy atom. The number of rotatable bonds is 11. The zero-order valence-electron chi connectivity index (χ0n) is 18.5. The monoisotopic (exact) mass is 475 g/mol. The van der Waals surface area contributed by atoms with Crippen LogP contribution in [0.1, 0.15) is 11.3 Å². The molecule has 0 N–H and O–H groups in total. The van der Waals surface area contributed by atoms with Gasteiger partial charge in [-0.25, -0.2) is 13.8 Å². The van der Waals surface area contributed by atoms with E-state index >= 15 is 0 Å². The van der Waals surface area contributed by atoms with Gasteiger partial charge in [-0.3, -0.25) is 9.59 Å². The standard InChI is InChI=1S/C24H23F2NO7/c1-30-23(28)18(24(29)31-2)11-17-13-34-22(27-17)16-8-9-19(20(10-16)33-14-21(25)26)32-12-15-6-4-3-5-7-15/h3-10,13,18,21H,11-12,14H2,1-2H3. The average molecular weight is 475 g/mol. The summed E-state index contributed by atoms with van der Waals surface area (Å²) in [5, 5.41) is 0. The number of nitrogens with zero attached hydrogens (tertiary/aromatic N) is 1. The number of aromatic nitrogens is 1. The number of benzene rings is 2. The lowest BCUT2D eigenvalue weighted by molar-refractivity contribution is -0.158. The Balaban J connectivity index is 1.80. The van der Waals surface area contributed by atoms with E-state index in [1.54, 1.807) is 12.1 Å². The maximum absolute atomic E-state index is 12.8. The Morgan fingerprint density at radius 1 is 0.971 bits per heavy atom. The third-order valence-electron chi connectivity index (χ3n) is 4.73. The number of hydrogen-bond acceptors (Lipinski definition) is 8. The fraction of sp³-hybridized carbons (Fsp3) is 0.292. The summed E-state index contributed by atoms with van der Waals surface area (Å²) in [6.07, 6.45) is -1.49. The fourth-order valence-electron chi connectivity index (χ4n) is 3.05. The summed E-state index contributed by atoms with van der Waals surface area (Å²) < 4.78 is 51.3. The molecule has 0 aliphatic heterocycles. The molecule has 34 heavy (non-hydrogen) atoms. The van der Waals surface area contributed by atoms with Gasteiger partial charge >= 0.3 is 11.9 Å². The van der Waals surface area contributed by atoms with Crippen molar-refractivity contribution in [3.8, 4) is 23.0 Å². The van der Waals surface area contributed by atoms with E-state index in [-0.39, 0.29) is 30.4 Å². The highest BCUT2D eigenvalue weighted by molar-refractivity contribution is 5.95. The molecule has 0 amide bonds. The minimum atomic E-state index is -2.67. The smallest absolute Gasteiger partial charge is 0.320 e. The lowest BCUT2D eigenvalue weighted by atomic mass is 10.0. The molecule has 0 aliphatic rings. The first-order valence-electron chi connectivity index (χ1n) is 10.2. The van der Waals surface area contributed by atoms with Crippen LogP contribution >= 0.6 is 0 Å². The SMILES string of the molecule is COC(=O)C(Cc1coc(-c2ccc(OCc3ccccc3)c(OCC(F)F)c2)n1)C(=O)OC. The van der Waals surface area contributed by atoms with Crippen molar-refractivity contribution in [3.05, 3.63) is 66.1 Å². The van der Waals surface area contributed by atoms with Crippen LogP contribution in [-0.4, -0.2) is 44.2 Å². The molecule has 2 aromatic carbocycles. The maximum atomic E-state index is 12.8. The summed E-state index contributed by atoms with van der Waals surface area (Å²) in [5.74, 6) is -2.23. The summed E-state index contributed by atoms with van der Waals surface area (Å²) >= 11 is 0. The van der Waals surface area contributed by atoms with Gasteiger partial charge in [-0.05, 0) is 23.8 Å². The predicted octanol–water partition coefficient (Wildman–Crippen LogP) is 4.07. The molecular weight excluding hydrogens is 452 g/mol. The minimum absolute atomic E-state index is 0.0930. The first kappa shape index (κ1) is 24.7. The van der Waals surface area contributed by atoms with Crippen LogP contribution in [0.4, 0.5) is 8.78 Å². The van der Waals surface area contributed by atoms with Crippen molar-refractivity contribution in [1.82, 2.24) is 4.98 Å². The van der Waals surface area contributed by atoms with E-state index in [1.165, 1.54) is 12.3 Å². The summed E-state index contributed by atoms with van der Waals surface area (Å²) in [6, 6.07) is 14.0. The molecule has 3 aromatic rings. The predicted molar refractivity (Wildman–Crippen MR) is 115 cm³/mol. The Kier molecular flexibility index (Phi) is 8.55. The van der Waals surface area contributed by atoms with Crippen LogP contribution in [0.25, 0.3) is 11.5 Å². The number of methoxy groups -OCH3 is 2. The summed E-state index contributed by atoms with van der Waals surface area (Å²) in [5.41, 5.74) is 1.63. The Morgan fingerprint density at radius 2 is 1.68 bits per heavy atom. The van der Waals surface area contributed by atoms with Gasteiger partial charge in [-0.2, -0.15) is 0 Å². The molecule has 0 saturated carbocycles. The number of oxazole rings is 1. The van der Waals surface area contributed by atoms with Gasteiger partial charge in [-0.1, -0.05) is 30.3 Å². The highest BCUT2D eigenvalue weighted by atomic mass is 19.3. The normalized spacial score (nSPS) is 10.9. The van der Waals surface area contributed by atoms with E-state index in [0.717, 1.165) is 19.8 Å². The molecule has 0 spiro atoms. The van der Waals surface area contributed by atoms with Crippen molar-refractivity contribution >= 4 is 11.9 Å². The van der Waals surface area contributed by atoms with Gasteiger partial charge in [0, 0.05) is 12.0 Å². The first-order valence-corrected chi connectivity index (χ1v) is 10.2. The van der Waals surface area contributed by atoms with Gasteiger partial charge in [0.1, 0.15) is 19.5 Å². The fourth-order valence-corrected chi connectivity index (χ4v) is 3.05. The number of carbonyl (C=O) groups excluding carboxylic acids is 2. The molecule has 0 unspecified atom stereocenters. The van der Waals surface area contributed by atoms with Crippen molar-refractivity contribution in [2.45, 2.75) is 19.5 Å². The van der Waals surface area contributed by atoms with Gasteiger partial charge in [0.05, 0.1) is 19.9 Å². The van der Waals surface area contributed by atoms with Crippen LogP contribution in [-0.2, 0) is 32.1 Å². The molecule has 10 heteroatoms. The number of ether oxygens (including phenoxy) is 4. The largest absolute Gasteiger partial charge is 0.485 e. The van der Waals surface area contributed by atoms with Crippen LogP contribution in [0.2, 0.25) is 0 Å². The lowest BCUT2D eigenvalue weighted by Crippen LogP contribution is -2.28. The van der Waals surface area contributed by atoms with Gasteiger partial charge in [0.25, 0.3) is 6.43 Å². The Labute approximate surface area is 194 Å². The van der Waals surface area contributed by atoms with Crippen LogP contribution in [0.3, 0.4) is 0 Å². The topological polar surface area (TPSA) is 97.1 Å². The van der Waals surface area contributed by atoms with Crippen molar-refractivity contribution in [2.75, 3.05) is 20.8 Å². The van der Waals surface area contributed by atoms with Crippen LogP contribution in [0.5, 0.6) is 11.5 Å². The second-order valence-electron chi connectivity index (χ2n) is 7.08. The van der Waals surface area contributed by atoms with Crippen LogP contribution < -0.4 is 9.47 Å². The third kappa shape index (κ3) is 6.53. The average Bonchev–Trinajstić information content (AvgIpc) is 3.33. The van der Waals surface area contributed by atoms with E-state index in [0.29, 0.717) is 11.3 Å². The van der Waals surface area contributed by atoms with Gasteiger partial charge in [0.2, 0.25) is 5.89 Å². The van der Waals surface area contributed by atoms with Crippen LogP contribution in [0.15, 0.2) is 59.2 Å². The molecule has 0 saturated heterocycles. The molecule has 0 radical (unpaired) electrons. The molecule has 0 bridgehead atoms. The van der Waals surface area contributed by atoms with Gasteiger partial charge < -0.3 is 23.4 Å². The molecule has 8 nitrogen and oxygen atoms in total. The van der Waals surface area contributed by atoms with Gasteiger partial charge in [-0.15, -0.1) is 0 Å². The first-order chi connectivity index (χ1) is 16.4. The summed E-state index contributed by atoms with van der Waals surface area (Å²) in [7, 11) is 2.32. The third-order valence-corrected chi connectivity index (χ3v) is 4.73. The Bertz CT molecular complexity index is 1090. The highest BCUT2D eigenvalue weighted by Gasteiger charge is 2.30. The zero-order valence-corrected chi connectivity index (χ0v) is 18.5. The number of esters is 2.